The van der Waals surface area contributed by atoms with E-state index in [2.05, 4.69) is 16.8 Å². The molecule has 19 heavy (non-hydrogen) atoms. The zero-order valence-electron chi connectivity index (χ0n) is 10.6. The Morgan fingerprint density at radius 2 is 1.95 bits per heavy atom. The molecule has 0 unspecified atom stereocenters. The third-order valence-electron chi connectivity index (χ3n) is 3.51. The highest BCUT2D eigenvalue weighted by atomic mass is 35.5. The summed E-state index contributed by atoms with van der Waals surface area (Å²) in [5.74, 6) is 0.176. The molecule has 0 N–H and O–H groups in total. The Hall–Kier alpha value is -1.74. The van der Waals surface area contributed by atoms with Crippen LogP contribution < -0.4 is 0 Å². The predicted molar refractivity (Wildman–Crippen MR) is 75.0 cm³/mol. The van der Waals surface area contributed by atoms with Crippen LogP contribution >= 0.6 is 11.6 Å². The van der Waals surface area contributed by atoms with Gasteiger partial charge in [-0.05, 0) is 29.8 Å². The Morgan fingerprint density at radius 3 is 2.74 bits per heavy atom. The molecule has 0 radical (unpaired) electrons. The lowest BCUT2D eigenvalue weighted by Crippen LogP contribution is -2.38. The number of hydrogen-bond donors (Lipinski definition) is 0. The molecule has 2 aromatic rings. The van der Waals surface area contributed by atoms with Crippen LogP contribution in [0.5, 0.6) is 0 Å². The van der Waals surface area contributed by atoms with Crippen molar-refractivity contribution in [3.63, 3.8) is 0 Å². The van der Waals surface area contributed by atoms with E-state index in [0.29, 0.717) is 18.0 Å². The molecule has 0 bridgehead atoms. The van der Waals surface area contributed by atoms with Crippen molar-refractivity contribution < 1.29 is 4.79 Å². The minimum atomic E-state index is 0.176. The van der Waals surface area contributed by atoms with Gasteiger partial charge in [-0.1, -0.05) is 23.7 Å². The summed E-state index contributed by atoms with van der Waals surface area (Å²) in [7, 11) is 0. The van der Waals surface area contributed by atoms with Crippen molar-refractivity contribution in [3.8, 4) is 0 Å². The first kappa shape index (κ1) is 12.3. The van der Waals surface area contributed by atoms with E-state index in [1.165, 1.54) is 5.69 Å². The molecule has 2 heterocycles. The normalized spacial score (nSPS) is 14.3. The average molecular weight is 275 g/mol. The maximum atomic E-state index is 12.3. The molecule has 0 saturated heterocycles. The van der Waals surface area contributed by atoms with E-state index in [1.54, 1.807) is 0 Å². The fourth-order valence-corrected chi connectivity index (χ4v) is 2.54. The molecule has 1 amide bonds. The number of fused-ring (bicyclic) bond motifs is 1. The lowest BCUT2D eigenvalue weighted by Gasteiger charge is -2.28. The van der Waals surface area contributed by atoms with Gasteiger partial charge in [-0.2, -0.15) is 0 Å². The number of amides is 1. The highest BCUT2D eigenvalue weighted by molar-refractivity contribution is 6.30. The number of carbonyl (C=O) groups excluding carboxylic acids is 1. The quantitative estimate of drug-likeness (QED) is 0.827. The van der Waals surface area contributed by atoms with Crippen LogP contribution in [0.15, 0.2) is 42.6 Å². The molecule has 1 aliphatic rings. The highest BCUT2D eigenvalue weighted by Crippen LogP contribution is 2.15. The van der Waals surface area contributed by atoms with Gasteiger partial charge in [0, 0.05) is 30.0 Å². The Morgan fingerprint density at radius 1 is 1.16 bits per heavy atom. The van der Waals surface area contributed by atoms with E-state index in [-0.39, 0.29) is 5.91 Å². The Bertz CT molecular complexity index is 588. The minimum Gasteiger partial charge on any atom is -0.348 e. The molecular weight excluding hydrogens is 260 g/mol. The van der Waals surface area contributed by atoms with E-state index in [9.17, 15) is 4.79 Å². The number of hydrogen-bond acceptors (Lipinski definition) is 1. The van der Waals surface area contributed by atoms with E-state index in [0.717, 1.165) is 18.7 Å². The van der Waals surface area contributed by atoms with Crippen molar-refractivity contribution in [1.29, 1.82) is 0 Å². The van der Waals surface area contributed by atoms with E-state index >= 15 is 0 Å². The van der Waals surface area contributed by atoms with Crippen molar-refractivity contribution in [2.45, 2.75) is 19.5 Å². The van der Waals surface area contributed by atoms with Crippen LogP contribution in [-0.4, -0.2) is 21.9 Å². The largest absolute Gasteiger partial charge is 0.348 e. The van der Waals surface area contributed by atoms with Gasteiger partial charge in [-0.25, -0.2) is 0 Å². The lowest BCUT2D eigenvalue weighted by atomic mass is 10.1. The molecule has 3 rings (SSSR count). The number of nitrogens with zero attached hydrogens (tertiary/aromatic N) is 2. The van der Waals surface area contributed by atoms with Crippen molar-refractivity contribution in [3.05, 3.63) is 58.9 Å². The predicted octanol–water partition coefficient (Wildman–Crippen LogP) is 2.73. The van der Waals surface area contributed by atoms with Gasteiger partial charge < -0.3 is 9.47 Å². The molecule has 98 valence electrons. The Balaban J connectivity index is 1.67. The first-order valence-corrected chi connectivity index (χ1v) is 6.76. The zero-order chi connectivity index (χ0) is 13.2. The highest BCUT2D eigenvalue weighted by Gasteiger charge is 2.19. The summed E-state index contributed by atoms with van der Waals surface area (Å²) in [6.45, 7) is 2.38. The van der Waals surface area contributed by atoms with Gasteiger partial charge in [0.05, 0.1) is 13.0 Å². The third kappa shape index (κ3) is 2.66. The Labute approximate surface area is 117 Å². The SMILES string of the molecule is O=C(Cc1ccc(Cl)cc1)N1CCn2cccc2C1. The number of benzene rings is 1. The molecular formula is C15H15ClN2O. The Kier molecular flexibility index (Phi) is 3.30. The number of aromatic nitrogens is 1. The van der Waals surface area contributed by atoms with Crippen molar-refractivity contribution in [2.24, 2.45) is 0 Å². The zero-order valence-corrected chi connectivity index (χ0v) is 11.3. The number of halogens is 1. The molecule has 1 aromatic carbocycles. The van der Waals surface area contributed by atoms with Gasteiger partial charge in [-0.3, -0.25) is 4.79 Å². The monoisotopic (exact) mass is 274 g/mol. The van der Waals surface area contributed by atoms with Gasteiger partial charge in [0.15, 0.2) is 0 Å². The van der Waals surface area contributed by atoms with Crippen molar-refractivity contribution in [2.75, 3.05) is 6.54 Å². The van der Waals surface area contributed by atoms with Gasteiger partial charge in [0.25, 0.3) is 0 Å². The average Bonchev–Trinajstić information content (AvgIpc) is 2.88. The molecule has 1 aromatic heterocycles. The molecule has 0 saturated carbocycles. The summed E-state index contributed by atoms with van der Waals surface area (Å²) in [6.07, 6.45) is 2.51. The molecule has 0 fully saturated rings. The first-order chi connectivity index (χ1) is 9.22. The molecule has 3 nitrogen and oxygen atoms in total. The summed E-state index contributed by atoms with van der Waals surface area (Å²) in [6, 6.07) is 11.6. The van der Waals surface area contributed by atoms with Gasteiger partial charge in [0.2, 0.25) is 5.91 Å². The van der Waals surface area contributed by atoms with E-state index in [1.807, 2.05) is 35.2 Å². The second-order valence-corrected chi connectivity index (χ2v) is 5.25. The van der Waals surface area contributed by atoms with Crippen LogP contribution in [0.3, 0.4) is 0 Å². The van der Waals surface area contributed by atoms with E-state index < -0.39 is 0 Å². The smallest absolute Gasteiger partial charge is 0.227 e. The maximum Gasteiger partial charge on any atom is 0.227 e. The van der Waals surface area contributed by atoms with Gasteiger partial charge in [0.1, 0.15) is 0 Å². The summed E-state index contributed by atoms with van der Waals surface area (Å²) in [5.41, 5.74) is 2.21. The topological polar surface area (TPSA) is 25.2 Å². The van der Waals surface area contributed by atoms with Gasteiger partial charge in [-0.15, -0.1) is 0 Å². The number of carbonyl (C=O) groups is 1. The summed E-state index contributed by atoms with van der Waals surface area (Å²) >= 11 is 5.84. The van der Waals surface area contributed by atoms with Crippen LogP contribution in [0.1, 0.15) is 11.3 Å². The fourth-order valence-electron chi connectivity index (χ4n) is 2.42. The molecule has 0 aliphatic carbocycles. The van der Waals surface area contributed by atoms with E-state index in [4.69, 9.17) is 11.6 Å². The van der Waals surface area contributed by atoms with Crippen LogP contribution in [0.4, 0.5) is 0 Å². The van der Waals surface area contributed by atoms with Crippen molar-refractivity contribution >= 4 is 17.5 Å². The second-order valence-electron chi connectivity index (χ2n) is 4.81. The minimum absolute atomic E-state index is 0.176. The molecule has 4 heteroatoms. The van der Waals surface area contributed by atoms with Gasteiger partial charge >= 0.3 is 0 Å². The lowest BCUT2D eigenvalue weighted by molar-refractivity contribution is -0.131. The summed E-state index contributed by atoms with van der Waals surface area (Å²) in [5, 5.41) is 0.701. The maximum absolute atomic E-state index is 12.3. The molecule has 0 atom stereocenters. The van der Waals surface area contributed by atoms with Crippen LogP contribution in [0.2, 0.25) is 5.02 Å². The third-order valence-corrected chi connectivity index (χ3v) is 3.76. The second kappa shape index (κ2) is 5.10. The molecule has 1 aliphatic heterocycles. The number of rotatable bonds is 2. The summed E-state index contributed by atoms with van der Waals surface area (Å²) in [4.78, 5) is 14.2. The summed E-state index contributed by atoms with van der Waals surface area (Å²) < 4.78 is 2.20. The fraction of sp³-hybridized carbons (Fsp3) is 0.267. The van der Waals surface area contributed by atoms with Crippen LogP contribution in [-0.2, 0) is 24.3 Å². The van der Waals surface area contributed by atoms with Crippen molar-refractivity contribution in [1.82, 2.24) is 9.47 Å². The van der Waals surface area contributed by atoms with Crippen LogP contribution in [0.25, 0.3) is 0 Å². The van der Waals surface area contributed by atoms with Crippen LogP contribution in [0, 0.1) is 0 Å². The standard InChI is InChI=1S/C15H15ClN2O/c16-13-5-3-12(4-6-13)10-15(19)18-9-8-17-7-1-2-14(17)11-18/h1-7H,8-11H2. The first-order valence-electron chi connectivity index (χ1n) is 6.38. The molecule has 0 spiro atoms.